The van der Waals surface area contributed by atoms with Gasteiger partial charge in [-0.2, -0.15) is 0 Å². The maximum atomic E-state index is 13.3. The largest absolute Gasteiger partial charge is 0.493 e. The Labute approximate surface area is 111 Å². The molecule has 0 N–H and O–H groups in total. The molecule has 0 saturated carbocycles. The van der Waals surface area contributed by atoms with Crippen LogP contribution in [0.1, 0.15) is 12.8 Å². The van der Waals surface area contributed by atoms with Crippen molar-refractivity contribution >= 4 is 5.82 Å². The number of aromatic nitrogens is 1. The van der Waals surface area contributed by atoms with Gasteiger partial charge in [0.2, 0.25) is 0 Å². The minimum atomic E-state index is -0.442. The molecule has 104 valence electrons. The van der Waals surface area contributed by atoms with E-state index in [9.17, 15) is 4.39 Å². The van der Waals surface area contributed by atoms with Gasteiger partial charge in [0.25, 0.3) is 0 Å². The number of rotatable bonds is 2. The maximum Gasteiger partial charge on any atom is 0.183 e. The molecule has 6 heteroatoms. The van der Waals surface area contributed by atoms with Gasteiger partial charge in [0, 0.05) is 32.0 Å². The topological polar surface area (TPSA) is 43.8 Å². The highest BCUT2D eigenvalue weighted by atomic mass is 19.1. The molecule has 3 heterocycles. The van der Waals surface area contributed by atoms with Gasteiger partial charge in [0.05, 0.1) is 26.5 Å². The number of pyridine rings is 1. The lowest BCUT2D eigenvalue weighted by Gasteiger charge is -2.38. The molecule has 1 aromatic heterocycles. The Morgan fingerprint density at radius 3 is 2.63 bits per heavy atom. The van der Waals surface area contributed by atoms with Crippen molar-refractivity contribution in [3.05, 3.63) is 18.1 Å². The van der Waals surface area contributed by atoms with Crippen LogP contribution in [-0.4, -0.2) is 44.2 Å². The first-order chi connectivity index (χ1) is 9.22. The van der Waals surface area contributed by atoms with Crippen molar-refractivity contribution in [3.8, 4) is 5.75 Å². The Kier molecular flexibility index (Phi) is 3.28. The third-order valence-corrected chi connectivity index (χ3v) is 3.69. The second kappa shape index (κ2) is 4.94. The van der Waals surface area contributed by atoms with Crippen LogP contribution in [0, 0.1) is 5.82 Å². The quantitative estimate of drug-likeness (QED) is 0.814. The monoisotopic (exact) mass is 268 g/mol. The molecule has 19 heavy (non-hydrogen) atoms. The zero-order valence-corrected chi connectivity index (χ0v) is 10.9. The number of anilines is 1. The molecule has 0 aliphatic carbocycles. The van der Waals surface area contributed by atoms with Gasteiger partial charge < -0.3 is 19.1 Å². The first-order valence-electron chi connectivity index (χ1n) is 6.45. The molecular weight excluding hydrogens is 251 g/mol. The third kappa shape index (κ3) is 2.37. The summed E-state index contributed by atoms with van der Waals surface area (Å²) in [5.41, 5.74) is 0. The van der Waals surface area contributed by atoms with Gasteiger partial charge in [-0.25, -0.2) is 9.37 Å². The predicted molar refractivity (Wildman–Crippen MR) is 66.8 cm³/mol. The molecule has 2 aliphatic rings. The fraction of sp³-hybridized carbons (Fsp3) is 0.615. The molecule has 3 rings (SSSR count). The number of hydrogen-bond donors (Lipinski definition) is 0. The number of methoxy groups -OCH3 is 1. The highest BCUT2D eigenvalue weighted by molar-refractivity contribution is 5.44. The van der Waals surface area contributed by atoms with Crippen molar-refractivity contribution in [2.45, 2.75) is 18.6 Å². The molecule has 0 aromatic carbocycles. The Hall–Kier alpha value is -1.40. The number of piperidine rings is 1. The first kappa shape index (κ1) is 12.6. The van der Waals surface area contributed by atoms with Crippen molar-refractivity contribution in [1.29, 1.82) is 0 Å². The van der Waals surface area contributed by atoms with Crippen LogP contribution in [0.15, 0.2) is 12.3 Å². The summed E-state index contributed by atoms with van der Waals surface area (Å²) in [6.45, 7) is 2.90. The molecule has 0 unspecified atom stereocenters. The molecule has 2 saturated heterocycles. The van der Waals surface area contributed by atoms with Crippen LogP contribution >= 0.6 is 0 Å². The van der Waals surface area contributed by atoms with Crippen LogP contribution in [0.4, 0.5) is 10.2 Å². The molecule has 2 aliphatic heterocycles. The van der Waals surface area contributed by atoms with Crippen molar-refractivity contribution in [3.63, 3.8) is 0 Å². The predicted octanol–water partition coefficient (Wildman–Crippen LogP) is 1.57. The van der Waals surface area contributed by atoms with Gasteiger partial charge >= 0.3 is 0 Å². The Bertz CT molecular complexity index is 453. The summed E-state index contributed by atoms with van der Waals surface area (Å²) >= 11 is 0. The lowest BCUT2D eigenvalue weighted by Crippen LogP contribution is -2.45. The van der Waals surface area contributed by atoms with Crippen LogP contribution in [-0.2, 0) is 9.47 Å². The van der Waals surface area contributed by atoms with E-state index in [0.717, 1.165) is 31.7 Å². The summed E-state index contributed by atoms with van der Waals surface area (Å²) in [6, 6.07) is 1.63. The smallest absolute Gasteiger partial charge is 0.183 e. The van der Waals surface area contributed by atoms with Gasteiger partial charge in [-0.1, -0.05) is 0 Å². The van der Waals surface area contributed by atoms with Crippen LogP contribution in [0.5, 0.6) is 5.75 Å². The summed E-state index contributed by atoms with van der Waals surface area (Å²) in [5.74, 6) is 0.104. The lowest BCUT2D eigenvalue weighted by molar-refractivity contribution is -0.169. The molecule has 5 nitrogen and oxygen atoms in total. The first-order valence-corrected chi connectivity index (χ1v) is 6.45. The summed E-state index contributed by atoms with van der Waals surface area (Å²) in [5, 5.41) is 0. The molecule has 0 amide bonds. The van der Waals surface area contributed by atoms with E-state index in [2.05, 4.69) is 9.88 Å². The van der Waals surface area contributed by atoms with E-state index in [-0.39, 0.29) is 5.75 Å². The van der Waals surface area contributed by atoms with E-state index < -0.39 is 11.6 Å². The van der Waals surface area contributed by atoms with Gasteiger partial charge in [0.1, 0.15) is 5.82 Å². The van der Waals surface area contributed by atoms with Crippen molar-refractivity contribution in [2.75, 3.05) is 38.3 Å². The molecule has 0 radical (unpaired) electrons. The standard InChI is InChI=1S/C13H17FN2O3/c1-17-11-8-12(15-9-10(11)14)16-4-2-13(3-5-16)18-6-7-19-13/h8-9H,2-7H2,1H3. The van der Waals surface area contributed by atoms with E-state index in [1.165, 1.54) is 13.3 Å². The average Bonchev–Trinajstić information content (AvgIpc) is 2.89. The Morgan fingerprint density at radius 2 is 2.00 bits per heavy atom. The molecule has 1 spiro atoms. The molecular formula is C13H17FN2O3. The molecule has 1 aromatic rings. The minimum Gasteiger partial charge on any atom is -0.493 e. The van der Waals surface area contributed by atoms with E-state index in [4.69, 9.17) is 14.2 Å². The highest BCUT2D eigenvalue weighted by Crippen LogP contribution is 2.33. The minimum absolute atomic E-state index is 0.221. The van der Waals surface area contributed by atoms with Crippen LogP contribution in [0.2, 0.25) is 0 Å². The zero-order chi connectivity index (χ0) is 13.3. The van der Waals surface area contributed by atoms with E-state index in [1.54, 1.807) is 6.07 Å². The van der Waals surface area contributed by atoms with Crippen molar-refractivity contribution < 1.29 is 18.6 Å². The van der Waals surface area contributed by atoms with Crippen LogP contribution in [0.3, 0.4) is 0 Å². The van der Waals surface area contributed by atoms with E-state index in [0.29, 0.717) is 13.2 Å². The van der Waals surface area contributed by atoms with Crippen LogP contribution < -0.4 is 9.64 Å². The van der Waals surface area contributed by atoms with Gasteiger partial charge in [0.15, 0.2) is 17.4 Å². The normalized spacial score (nSPS) is 21.9. The van der Waals surface area contributed by atoms with Crippen LogP contribution in [0.25, 0.3) is 0 Å². The Balaban J connectivity index is 1.71. The molecule has 2 fully saturated rings. The second-order valence-electron chi connectivity index (χ2n) is 4.77. The lowest BCUT2D eigenvalue weighted by atomic mass is 10.0. The Morgan fingerprint density at radius 1 is 1.32 bits per heavy atom. The summed E-state index contributed by atoms with van der Waals surface area (Å²) in [7, 11) is 1.45. The van der Waals surface area contributed by atoms with Gasteiger partial charge in [-0.05, 0) is 0 Å². The highest BCUT2D eigenvalue weighted by Gasteiger charge is 2.40. The summed E-state index contributed by atoms with van der Waals surface area (Å²) in [6.07, 6.45) is 2.80. The SMILES string of the molecule is COc1cc(N2CCC3(CC2)OCCO3)ncc1F. The average molecular weight is 268 g/mol. The van der Waals surface area contributed by atoms with Gasteiger partial charge in [-0.15, -0.1) is 0 Å². The van der Waals surface area contributed by atoms with Gasteiger partial charge in [-0.3, -0.25) is 0 Å². The van der Waals surface area contributed by atoms with E-state index >= 15 is 0 Å². The third-order valence-electron chi connectivity index (χ3n) is 3.69. The number of hydrogen-bond acceptors (Lipinski definition) is 5. The van der Waals surface area contributed by atoms with Crippen molar-refractivity contribution in [1.82, 2.24) is 4.98 Å². The zero-order valence-electron chi connectivity index (χ0n) is 10.9. The number of nitrogens with zero attached hydrogens (tertiary/aromatic N) is 2. The molecule has 0 atom stereocenters. The fourth-order valence-electron chi connectivity index (χ4n) is 2.60. The summed E-state index contributed by atoms with van der Waals surface area (Å²) < 4.78 is 29.7. The number of halogens is 1. The second-order valence-corrected chi connectivity index (χ2v) is 4.77. The van der Waals surface area contributed by atoms with Crippen molar-refractivity contribution in [2.24, 2.45) is 0 Å². The fourth-order valence-corrected chi connectivity index (χ4v) is 2.60. The summed E-state index contributed by atoms with van der Waals surface area (Å²) in [4.78, 5) is 6.21. The van der Waals surface area contributed by atoms with E-state index in [1.807, 2.05) is 0 Å². The molecule has 0 bridgehead atoms. The number of ether oxygens (including phenoxy) is 3. The maximum absolute atomic E-state index is 13.3.